The minimum absolute atomic E-state index is 0.309. The van der Waals surface area contributed by atoms with Gasteiger partial charge in [-0.1, -0.05) is 29.8 Å². The molecule has 0 saturated carbocycles. The van der Waals surface area contributed by atoms with Gasteiger partial charge in [0, 0.05) is 44.5 Å². The van der Waals surface area contributed by atoms with E-state index in [-0.39, 0.29) is 0 Å². The molecule has 0 N–H and O–H groups in total. The lowest BCUT2D eigenvalue weighted by atomic mass is 9.96. The van der Waals surface area contributed by atoms with E-state index in [4.69, 9.17) is 0 Å². The molecule has 1 saturated heterocycles. The number of aryl methyl sites for hydroxylation is 3. The predicted molar refractivity (Wildman–Crippen MR) is 121 cm³/mol. The van der Waals surface area contributed by atoms with Gasteiger partial charge in [-0.3, -0.25) is 14.5 Å². The second-order valence-electron chi connectivity index (χ2n) is 8.44. The van der Waals surface area contributed by atoms with E-state index < -0.39 is 21.5 Å². The first-order chi connectivity index (χ1) is 14.6. The largest absolute Gasteiger partial charge is 0.334 e. The maximum absolute atomic E-state index is 12.9. The number of nitrogens with zero attached hydrogens (tertiary/aromatic N) is 2. The van der Waals surface area contributed by atoms with Gasteiger partial charge >= 0.3 is 0 Å². The molecule has 3 rings (SSSR count). The normalized spacial score (nSPS) is 15.5. The molecule has 0 radical (unpaired) electrons. The van der Waals surface area contributed by atoms with Crippen LogP contribution in [0.15, 0.2) is 41.3 Å². The van der Waals surface area contributed by atoms with E-state index in [1.54, 1.807) is 17.0 Å². The Morgan fingerprint density at radius 3 is 2.10 bits per heavy atom. The average Bonchev–Trinajstić information content (AvgIpc) is 2.92. The third-order valence-electron chi connectivity index (χ3n) is 5.73. The third-order valence-corrected chi connectivity index (χ3v) is 6.86. The lowest BCUT2D eigenvalue weighted by Crippen LogP contribution is -2.39. The molecule has 0 aliphatic carbocycles. The van der Waals surface area contributed by atoms with Gasteiger partial charge in [0.15, 0.2) is 9.84 Å². The fraction of sp³-hybridized carbons (Fsp3) is 0.417. The van der Waals surface area contributed by atoms with Gasteiger partial charge in [-0.15, -0.1) is 0 Å². The molecule has 0 aromatic heterocycles. The molecule has 0 bridgehead atoms. The van der Waals surface area contributed by atoms with E-state index in [9.17, 15) is 18.0 Å². The predicted octanol–water partition coefficient (Wildman–Crippen LogP) is 2.93. The molecule has 1 aliphatic heterocycles. The Bertz CT molecular complexity index is 1070. The van der Waals surface area contributed by atoms with Crippen molar-refractivity contribution in [2.45, 2.75) is 38.6 Å². The molecule has 1 amide bonds. The van der Waals surface area contributed by atoms with Crippen LogP contribution in [-0.2, 0) is 21.2 Å². The van der Waals surface area contributed by atoms with Crippen molar-refractivity contribution in [3.8, 4) is 0 Å². The summed E-state index contributed by atoms with van der Waals surface area (Å²) in [5, 5.41) is 0. The highest BCUT2D eigenvalue weighted by atomic mass is 32.2. The van der Waals surface area contributed by atoms with Crippen LogP contribution in [0.5, 0.6) is 0 Å². The van der Waals surface area contributed by atoms with Crippen molar-refractivity contribution < 1.29 is 18.0 Å². The lowest BCUT2D eigenvalue weighted by Gasteiger charge is -2.22. The molecule has 2 aromatic carbocycles. The van der Waals surface area contributed by atoms with Gasteiger partial charge in [-0.25, -0.2) is 8.42 Å². The van der Waals surface area contributed by atoms with E-state index in [0.717, 1.165) is 35.2 Å². The highest BCUT2D eigenvalue weighted by molar-refractivity contribution is 7.90. The van der Waals surface area contributed by atoms with Gasteiger partial charge in [0.25, 0.3) is 11.7 Å². The van der Waals surface area contributed by atoms with Crippen LogP contribution in [0, 0.1) is 20.8 Å². The molecule has 7 heteroatoms. The molecule has 1 heterocycles. The van der Waals surface area contributed by atoms with E-state index in [0.29, 0.717) is 36.6 Å². The summed E-state index contributed by atoms with van der Waals surface area (Å²) in [6, 6.07) is 10.8. The monoisotopic (exact) mass is 442 g/mol. The maximum atomic E-state index is 12.9. The molecule has 1 aliphatic rings. The second kappa shape index (κ2) is 9.32. The van der Waals surface area contributed by atoms with Gasteiger partial charge in [0.1, 0.15) is 0 Å². The molecule has 6 nitrogen and oxygen atoms in total. The summed E-state index contributed by atoms with van der Waals surface area (Å²) in [5.41, 5.74) is 4.29. The Hall–Kier alpha value is -2.51. The Morgan fingerprint density at radius 1 is 0.903 bits per heavy atom. The molecule has 166 valence electrons. The van der Waals surface area contributed by atoms with E-state index in [1.807, 2.05) is 45.0 Å². The first-order valence-electron chi connectivity index (χ1n) is 10.5. The summed E-state index contributed by atoms with van der Waals surface area (Å²) in [6.07, 6.45) is 1.98. The Labute approximate surface area is 184 Å². The van der Waals surface area contributed by atoms with Gasteiger partial charge in [0.2, 0.25) is 0 Å². The number of Topliss-reactive ketones (excluding diaryl/α,β-unsaturated/α-hetero) is 1. The Morgan fingerprint density at radius 2 is 1.52 bits per heavy atom. The fourth-order valence-electron chi connectivity index (χ4n) is 4.22. The van der Waals surface area contributed by atoms with Crippen LogP contribution < -0.4 is 0 Å². The number of benzene rings is 2. The number of rotatable bonds is 5. The quantitative estimate of drug-likeness (QED) is 0.526. The smallest absolute Gasteiger partial charge is 0.295 e. The molecular weight excluding hydrogens is 412 g/mol. The number of carbonyl (C=O) groups is 2. The van der Waals surface area contributed by atoms with Crippen LogP contribution in [0.2, 0.25) is 0 Å². The summed E-state index contributed by atoms with van der Waals surface area (Å²) < 4.78 is 23.2. The van der Waals surface area contributed by atoms with Crippen molar-refractivity contribution in [3.63, 3.8) is 0 Å². The van der Waals surface area contributed by atoms with Crippen LogP contribution in [-0.4, -0.2) is 62.3 Å². The van der Waals surface area contributed by atoms with E-state index in [2.05, 4.69) is 4.90 Å². The van der Waals surface area contributed by atoms with Crippen molar-refractivity contribution in [2.24, 2.45) is 0 Å². The maximum Gasteiger partial charge on any atom is 0.295 e. The van der Waals surface area contributed by atoms with Crippen molar-refractivity contribution in [1.29, 1.82) is 0 Å². The Balaban J connectivity index is 1.64. The zero-order chi connectivity index (χ0) is 22.8. The number of hydrogen-bond donors (Lipinski definition) is 0. The first kappa shape index (κ1) is 23.2. The number of ketones is 1. The minimum atomic E-state index is -3.20. The van der Waals surface area contributed by atoms with Gasteiger partial charge in [0.05, 0.1) is 4.90 Å². The van der Waals surface area contributed by atoms with Crippen LogP contribution >= 0.6 is 0 Å². The Kier molecular flexibility index (Phi) is 6.96. The molecular formula is C24H30N2O4S. The lowest BCUT2D eigenvalue weighted by molar-refractivity contribution is -0.126. The van der Waals surface area contributed by atoms with Crippen LogP contribution in [0.1, 0.15) is 39.0 Å². The van der Waals surface area contributed by atoms with Crippen LogP contribution in [0.3, 0.4) is 0 Å². The standard InChI is InChI=1S/C24H30N2O4S/c1-17-14-18(2)22(19(3)15-17)23(27)24(28)26-11-5-10-25(12-13-26)16-20-6-8-21(9-7-20)31(4,29)30/h6-9,14-15H,5,10-13,16H2,1-4H3. The summed E-state index contributed by atoms with van der Waals surface area (Å²) >= 11 is 0. The highest BCUT2D eigenvalue weighted by Crippen LogP contribution is 2.19. The summed E-state index contributed by atoms with van der Waals surface area (Å²) in [4.78, 5) is 30.1. The van der Waals surface area contributed by atoms with Crippen molar-refractivity contribution in [3.05, 3.63) is 64.2 Å². The van der Waals surface area contributed by atoms with Crippen molar-refractivity contribution in [2.75, 3.05) is 32.4 Å². The molecule has 0 atom stereocenters. The molecule has 0 unspecified atom stereocenters. The van der Waals surface area contributed by atoms with Crippen molar-refractivity contribution >= 4 is 21.5 Å². The average molecular weight is 443 g/mol. The van der Waals surface area contributed by atoms with Gasteiger partial charge in [-0.2, -0.15) is 0 Å². The third kappa shape index (κ3) is 5.60. The summed E-state index contributed by atoms with van der Waals surface area (Å²) in [5.74, 6) is -0.866. The minimum Gasteiger partial charge on any atom is -0.334 e. The second-order valence-corrected chi connectivity index (χ2v) is 10.5. The van der Waals surface area contributed by atoms with Gasteiger partial charge in [-0.05, 0) is 56.0 Å². The highest BCUT2D eigenvalue weighted by Gasteiger charge is 2.27. The first-order valence-corrected chi connectivity index (χ1v) is 12.4. The number of carbonyl (C=O) groups excluding carboxylic acids is 2. The topological polar surface area (TPSA) is 74.8 Å². The fourth-order valence-corrected chi connectivity index (χ4v) is 4.85. The van der Waals surface area contributed by atoms with Gasteiger partial charge < -0.3 is 4.90 Å². The van der Waals surface area contributed by atoms with E-state index in [1.165, 1.54) is 6.26 Å². The summed E-state index contributed by atoms with van der Waals surface area (Å²) in [6.45, 7) is 8.94. The zero-order valence-corrected chi connectivity index (χ0v) is 19.5. The molecule has 0 spiro atoms. The number of hydrogen-bond acceptors (Lipinski definition) is 5. The van der Waals surface area contributed by atoms with E-state index >= 15 is 0 Å². The number of amides is 1. The van der Waals surface area contributed by atoms with Crippen molar-refractivity contribution in [1.82, 2.24) is 9.80 Å². The zero-order valence-electron chi connectivity index (χ0n) is 18.6. The summed E-state index contributed by atoms with van der Waals surface area (Å²) in [7, 11) is -3.20. The van der Waals surface area contributed by atoms with Crippen LogP contribution in [0.25, 0.3) is 0 Å². The molecule has 31 heavy (non-hydrogen) atoms. The molecule has 2 aromatic rings. The van der Waals surface area contributed by atoms with Crippen LogP contribution in [0.4, 0.5) is 0 Å². The molecule has 1 fully saturated rings. The SMILES string of the molecule is Cc1cc(C)c(C(=O)C(=O)N2CCCN(Cc3ccc(S(C)(=O)=O)cc3)CC2)c(C)c1. The number of sulfone groups is 1.